The van der Waals surface area contributed by atoms with Crippen LogP contribution in [-0.2, 0) is 11.2 Å². The Labute approximate surface area is 108 Å². The van der Waals surface area contributed by atoms with E-state index < -0.39 is 0 Å². The van der Waals surface area contributed by atoms with Crippen LogP contribution in [0, 0.1) is 17.2 Å². The summed E-state index contributed by atoms with van der Waals surface area (Å²) in [4.78, 5) is 13.0. The fourth-order valence-corrected chi connectivity index (χ4v) is 2.44. The fourth-order valence-electron chi connectivity index (χ4n) is 2.44. The van der Waals surface area contributed by atoms with Crippen molar-refractivity contribution in [2.24, 2.45) is 5.92 Å². The molecule has 94 valence electrons. The highest BCUT2D eigenvalue weighted by Crippen LogP contribution is 2.26. The molecule has 0 bridgehead atoms. The Morgan fingerprint density at radius 2 is 2.17 bits per heavy atom. The van der Waals surface area contributed by atoms with E-state index in [1.165, 1.54) is 5.56 Å². The number of nitrogens with zero attached hydrogens (tertiary/aromatic N) is 2. The molecule has 0 aromatic heterocycles. The Balaban J connectivity index is 2.19. The van der Waals surface area contributed by atoms with Crippen molar-refractivity contribution >= 4 is 12.0 Å². The minimum absolute atomic E-state index is 0.196. The molecule has 3 nitrogen and oxygen atoms in total. The number of rotatable bonds is 3. The lowest BCUT2D eigenvalue weighted by Gasteiger charge is -2.32. The summed E-state index contributed by atoms with van der Waals surface area (Å²) in [7, 11) is 0. The van der Waals surface area contributed by atoms with Crippen LogP contribution in [0.25, 0.3) is 0 Å². The molecule has 0 radical (unpaired) electrons. The molecule has 0 spiro atoms. The molecule has 0 amide bonds. The van der Waals surface area contributed by atoms with E-state index in [0.717, 1.165) is 49.9 Å². The summed E-state index contributed by atoms with van der Waals surface area (Å²) in [6.45, 7) is 3.82. The molecule has 2 rings (SSSR count). The second-order valence-corrected chi connectivity index (χ2v) is 4.78. The van der Waals surface area contributed by atoms with Crippen molar-refractivity contribution in [1.29, 1.82) is 5.26 Å². The monoisotopic (exact) mass is 242 g/mol. The van der Waals surface area contributed by atoms with Gasteiger partial charge in [0.2, 0.25) is 0 Å². The highest BCUT2D eigenvalue weighted by molar-refractivity contribution is 5.62. The Kier molecular flexibility index (Phi) is 3.99. The number of carbonyl (C=O) groups excluding carboxylic acids is 1. The Hall–Kier alpha value is -1.82. The third-order valence-corrected chi connectivity index (χ3v) is 3.66. The average Bonchev–Trinajstić information content (AvgIpc) is 2.46. The van der Waals surface area contributed by atoms with Crippen LogP contribution in [0.5, 0.6) is 0 Å². The van der Waals surface area contributed by atoms with Crippen molar-refractivity contribution < 1.29 is 4.79 Å². The van der Waals surface area contributed by atoms with Gasteiger partial charge in [0.15, 0.2) is 0 Å². The minimum Gasteiger partial charge on any atom is -0.370 e. The molecule has 1 aromatic rings. The molecule has 1 aromatic carbocycles. The van der Waals surface area contributed by atoms with Crippen molar-refractivity contribution in [2.45, 2.75) is 26.2 Å². The highest BCUT2D eigenvalue weighted by Gasteiger charge is 2.20. The lowest BCUT2D eigenvalue weighted by molar-refractivity contribution is -0.111. The molecular formula is C15H18N2O. The molecule has 3 heteroatoms. The molecule has 0 aliphatic carbocycles. The summed E-state index contributed by atoms with van der Waals surface area (Å²) < 4.78 is 0. The Bertz CT molecular complexity index is 468. The summed E-state index contributed by atoms with van der Waals surface area (Å²) in [5.74, 6) is 0.196. The van der Waals surface area contributed by atoms with Crippen LogP contribution in [0.1, 0.15) is 30.9 Å². The van der Waals surface area contributed by atoms with Crippen LogP contribution in [0.15, 0.2) is 18.2 Å². The van der Waals surface area contributed by atoms with Gasteiger partial charge in [0, 0.05) is 19.0 Å². The molecule has 1 heterocycles. The zero-order valence-corrected chi connectivity index (χ0v) is 10.7. The van der Waals surface area contributed by atoms with E-state index in [1.54, 1.807) is 0 Å². The molecule has 0 N–H and O–H groups in total. The van der Waals surface area contributed by atoms with E-state index in [4.69, 9.17) is 0 Å². The highest BCUT2D eigenvalue weighted by atomic mass is 16.1. The van der Waals surface area contributed by atoms with Crippen LogP contribution < -0.4 is 4.90 Å². The van der Waals surface area contributed by atoms with Crippen LogP contribution >= 0.6 is 0 Å². The number of hydrogen-bond acceptors (Lipinski definition) is 3. The zero-order valence-electron chi connectivity index (χ0n) is 10.7. The number of aldehydes is 1. The van der Waals surface area contributed by atoms with Gasteiger partial charge in [0.05, 0.1) is 11.3 Å². The number of anilines is 1. The maximum Gasteiger partial charge on any atom is 0.123 e. The molecule has 18 heavy (non-hydrogen) atoms. The van der Waals surface area contributed by atoms with E-state index in [0.29, 0.717) is 0 Å². The fraction of sp³-hybridized carbons (Fsp3) is 0.467. The van der Waals surface area contributed by atoms with Gasteiger partial charge in [0.25, 0.3) is 0 Å². The van der Waals surface area contributed by atoms with E-state index in [2.05, 4.69) is 24.0 Å². The summed E-state index contributed by atoms with van der Waals surface area (Å²) >= 11 is 0. The number of benzene rings is 1. The van der Waals surface area contributed by atoms with Crippen molar-refractivity contribution in [2.75, 3.05) is 18.0 Å². The predicted molar refractivity (Wildman–Crippen MR) is 71.5 cm³/mol. The molecule has 0 saturated carbocycles. The number of nitriles is 1. The first-order valence-corrected chi connectivity index (χ1v) is 6.51. The SMILES string of the molecule is CCc1ccc(N2CCC(C=O)CC2)c(C#N)c1. The second kappa shape index (κ2) is 5.68. The van der Waals surface area contributed by atoms with Crippen molar-refractivity contribution in [1.82, 2.24) is 0 Å². The maximum atomic E-state index is 10.7. The van der Waals surface area contributed by atoms with Gasteiger partial charge in [0.1, 0.15) is 12.4 Å². The normalized spacial score (nSPS) is 16.3. The molecule has 1 aliphatic heterocycles. The largest absolute Gasteiger partial charge is 0.370 e. The van der Waals surface area contributed by atoms with Gasteiger partial charge >= 0.3 is 0 Å². The van der Waals surface area contributed by atoms with E-state index in [9.17, 15) is 10.1 Å². The third-order valence-electron chi connectivity index (χ3n) is 3.66. The van der Waals surface area contributed by atoms with Crippen LogP contribution in [0.4, 0.5) is 5.69 Å². The number of piperidine rings is 1. The van der Waals surface area contributed by atoms with Gasteiger partial charge < -0.3 is 9.69 Å². The molecule has 1 aliphatic rings. The number of aryl methyl sites for hydroxylation is 1. The van der Waals surface area contributed by atoms with E-state index >= 15 is 0 Å². The predicted octanol–water partition coefficient (Wildman–Crippen LogP) is 2.54. The summed E-state index contributed by atoms with van der Waals surface area (Å²) in [6, 6.07) is 8.38. The second-order valence-electron chi connectivity index (χ2n) is 4.78. The Morgan fingerprint density at radius 3 is 2.72 bits per heavy atom. The standard InChI is InChI=1S/C15H18N2O/c1-2-12-3-4-15(14(9-12)10-16)17-7-5-13(11-18)6-8-17/h3-4,9,11,13H,2,5-8H2,1H3. The van der Waals surface area contributed by atoms with Gasteiger partial charge in [-0.25, -0.2) is 0 Å². The van der Waals surface area contributed by atoms with Crippen molar-refractivity contribution in [3.05, 3.63) is 29.3 Å². The lowest BCUT2D eigenvalue weighted by Crippen LogP contribution is -2.34. The maximum absolute atomic E-state index is 10.7. The first kappa shape index (κ1) is 12.6. The lowest BCUT2D eigenvalue weighted by atomic mass is 9.97. The van der Waals surface area contributed by atoms with Crippen molar-refractivity contribution in [3.8, 4) is 6.07 Å². The summed E-state index contributed by atoms with van der Waals surface area (Å²) in [6.07, 6.45) is 3.79. The van der Waals surface area contributed by atoms with Gasteiger partial charge in [-0.05, 0) is 37.0 Å². The Morgan fingerprint density at radius 1 is 1.44 bits per heavy atom. The minimum atomic E-state index is 0.196. The summed E-state index contributed by atoms with van der Waals surface area (Å²) in [5, 5.41) is 9.23. The first-order chi connectivity index (χ1) is 8.78. The van der Waals surface area contributed by atoms with E-state index in [-0.39, 0.29) is 5.92 Å². The van der Waals surface area contributed by atoms with Gasteiger partial charge in [-0.1, -0.05) is 13.0 Å². The molecular weight excluding hydrogens is 224 g/mol. The average molecular weight is 242 g/mol. The molecule has 1 saturated heterocycles. The molecule has 1 fully saturated rings. The topological polar surface area (TPSA) is 44.1 Å². The summed E-state index contributed by atoms with van der Waals surface area (Å²) in [5.41, 5.74) is 2.95. The molecule has 0 unspecified atom stereocenters. The smallest absolute Gasteiger partial charge is 0.123 e. The quantitative estimate of drug-likeness (QED) is 0.765. The van der Waals surface area contributed by atoms with Crippen LogP contribution in [0.2, 0.25) is 0 Å². The van der Waals surface area contributed by atoms with Gasteiger partial charge in [-0.2, -0.15) is 5.26 Å². The zero-order chi connectivity index (χ0) is 13.0. The van der Waals surface area contributed by atoms with Crippen LogP contribution in [0.3, 0.4) is 0 Å². The number of hydrogen-bond donors (Lipinski definition) is 0. The van der Waals surface area contributed by atoms with Crippen molar-refractivity contribution in [3.63, 3.8) is 0 Å². The van der Waals surface area contributed by atoms with Gasteiger partial charge in [-0.15, -0.1) is 0 Å². The first-order valence-electron chi connectivity index (χ1n) is 6.51. The van der Waals surface area contributed by atoms with Gasteiger partial charge in [-0.3, -0.25) is 0 Å². The number of carbonyl (C=O) groups is 1. The third kappa shape index (κ3) is 2.53. The molecule has 0 atom stereocenters. The van der Waals surface area contributed by atoms with E-state index in [1.807, 2.05) is 12.1 Å². The van der Waals surface area contributed by atoms with Crippen LogP contribution in [-0.4, -0.2) is 19.4 Å².